The van der Waals surface area contributed by atoms with Gasteiger partial charge in [0.05, 0.1) is 6.61 Å². The van der Waals surface area contributed by atoms with Crippen LogP contribution in [-0.2, 0) is 0 Å². The fraction of sp³-hybridized carbons (Fsp3) is 0.143. The standard InChI is InChI=1S/C14H12BrO/c1-2-16-14-8-6-11(7-9-14)12-4-3-5-13(15)10-12/h3,5-10H,2H2,1H3. The second-order valence-electron chi connectivity index (χ2n) is 3.38. The largest absolute Gasteiger partial charge is 0.494 e. The maximum absolute atomic E-state index is 5.40. The highest BCUT2D eigenvalue weighted by Crippen LogP contribution is 2.24. The molecule has 0 aliphatic carbocycles. The highest BCUT2D eigenvalue weighted by molar-refractivity contribution is 9.10. The van der Waals surface area contributed by atoms with Crippen LogP contribution in [-0.4, -0.2) is 6.61 Å². The Bertz CT molecular complexity index is 462. The van der Waals surface area contributed by atoms with Gasteiger partial charge in [0.25, 0.3) is 0 Å². The predicted octanol–water partition coefficient (Wildman–Crippen LogP) is 4.31. The summed E-state index contributed by atoms with van der Waals surface area (Å²) in [5, 5.41) is 0. The number of hydrogen-bond acceptors (Lipinski definition) is 1. The van der Waals surface area contributed by atoms with Crippen LogP contribution in [0.3, 0.4) is 0 Å². The van der Waals surface area contributed by atoms with Crippen LogP contribution in [0.25, 0.3) is 11.1 Å². The van der Waals surface area contributed by atoms with Gasteiger partial charge in [-0.1, -0.05) is 34.1 Å². The Kier molecular flexibility index (Phi) is 3.62. The fourth-order valence-corrected chi connectivity index (χ4v) is 1.86. The van der Waals surface area contributed by atoms with Crippen molar-refractivity contribution < 1.29 is 4.74 Å². The van der Waals surface area contributed by atoms with Gasteiger partial charge in [-0.25, -0.2) is 0 Å². The number of benzene rings is 2. The van der Waals surface area contributed by atoms with E-state index in [-0.39, 0.29) is 0 Å². The minimum Gasteiger partial charge on any atom is -0.494 e. The molecule has 0 atom stereocenters. The number of ether oxygens (including phenoxy) is 1. The maximum atomic E-state index is 5.40. The van der Waals surface area contributed by atoms with Crippen LogP contribution in [0.2, 0.25) is 0 Å². The zero-order valence-corrected chi connectivity index (χ0v) is 10.6. The fourth-order valence-electron chi connectivity index (χ4n) is 1.50. The summed E-state index contributed by atoms with van der Waals surface area (Å²) in [6.07, 6.45) is 0. The summed E-state index contributed by atoms with van der Waals surface area (Å²) in [6, 6.07) is 17.2. The van der Waals surface area contributed by atoms with Gasteiger partial charge in [-0.3, -0.25) is 0 Å². The van der Waals surface area contributed by atoms with Gasteiger partial charge in [0.2, 0.25) is 0 Å². The van der Waals surface area contributed by atoms with Crippen LogP contribution in [0.4, 0.5) is 0 Å². The van der Waals surface area contributed by atoms with E-state index in [1.54, 1.807) is 0 Å². The van der Waals surface area contributed by atoms with E-state index in [1.165, 1.54) is 0 Å². The maximum Gasteiger partial charge on any atom is 0.119 e. The molecule has 0 aromatic heterocycles. The molecule has 0 spiro atoms. The summed E-state index contributed by atoms with van der Waals surface area (Å²) in [5.74, 6) is 0.904. The molecule has 2 aromatic rings. The Morgan fingerprint density at radius 1 is 1.19 bits per heavy atom. The third kappa shape index (κ3) is 2.64. The van der Waals surface area contributed by atoms with Crippen molar-refractivity contribution in [1.29, 1.82) is 0 Å². The van der Waals surface area contributed by atoms with Crippen molar-refractivity contribution in [3.8, 4) is 16.9 Å². The smallest absolute Gasteiger partial charge is 0.119 e. The molecule has 1 nitrogen and oxygen atoms in total. The van der Waals surface area contributed by atoms with E-state index in [1.807, 2.05) is 43.3 Å². The predicted molar refractivity (Wildman–Crippen MR) is 69.6 cm³/mol. The Balaban J connectivity index is 2.27. The second kappa shape index (κ2) is 5.17. The van der Waals surface area contributed by atoms with Crippen LogP contribution >= 0.6 is 15.9 Å². The van der Waals surface area contributed by atoms with Crippen molar-refractivity contribution in [2.75, 3.05) is 6.61 Å². The molecule has 0 unspecified atom stereocenters. The molecule has 0 saturated carbocycles. The summed E-state index contributed by atoms with van der Waals surface area (Å²) >= 11 is 3.45. The van der Waals surface area contributed by atoms with Gasteiger partial charge in [-0.15, -0.1) is 0 Å². The van der Waals surface area contributed by atoms with E-state index < -0.39 is 0 Å². The average Bonchev–Trinajstić information content (AvgIpc) is 2.30. The topological polar surface area (TPSA) is 9.23 Å². The third-order valence-corrected chi connectivity index (χ3v) is 2.73. The first-order valence-corrected chi connectivity index (χ1v) is 5.99. The van der Waals surface area contributed by atoms with Gasteiger partial charge in [-0.2, -0.15) is 0 Å². The Hall–Kier alpha value is -1.28. The molecule has 2 rings (SSSR count). The van der Waals surface area contributed by atoms with E-state index in [9.17, 15) is 0 Å². The molecular weight excluding hydrogens is 264 g/mol. The van der Waals surface area contributed by atoms with Crippen LogP contribution in [0.5, 0.6) is 5.75 Å². The quantitative estimate of drug-likeness (QED) is 0.811. The highest BCUT2D eigenvalue weighted by atomic mass is 79.9. The lowest BCUT2D eigenvalue weighted by Crippen LogP contribution is -1.90. The lowest BCUT2D eigenvalue weighted by molar-refractivity contribution is 0.340. The van der Waals surface area contributed by atoms with Crippen molar-refractivity contribution in [1.82, 2.24) is 0 Å². The molecule has 0 N–H and O–H groups in total. The van der Waals surface area contributed by atoms with Crippen LogP contribution in [0.15, 0.2) is 46.9 Å². The molecule has 0 heterocycles. The zero-order valence-electron chi connectivity index (χ0n) is 9.03. The first kappa shape index (κ1) is 11.2. The molecule has 1 radical (unpaired) electrons. The summed E-state index contributed by atoms with van der Waals surface area (Å²) in [7, 11) is 0. The molecule has 0 amide bonds. The molecule has 2 aromatic carbocycles. The molecule has 0 aliphatic rings. The van der Waals surface area contributed by atoms with Crippen LogP contribution in [0, 0.1) is 6.07 Å². The van der Waals surface area contributed by atoms with Crippen LogP contribution in [0.1, 0.15) is 6.92 Å². The van der Waals surface area contributed by atoms with Crippen molar-refractivity contribution in [3.63, 3.8) is 0 Å². The minimum atomic E-state index is 0.697. The molecule has 16 heavy (non-hydrogen) atoms. The average molecular weight is 276 g/mol. The van der Waals surface area contributed by atoms with Gasteiger partial charge in [0.15, 0.2) is 0 Å². The van der Waals surface area contributed by atoms with Gasteiger partial charge < -0.3 is 4.74 Å². The normalized spacial score (nSPS) is 10.1. The number of halogens is 1. The van der Waals surface area contributed by atoms with Gasteiger partial charge in [-0.05, 0) is 48.4 Å². The molecule has 0 aliphatic heterocycles. The zero-order chi connectivity index (χ0) is 11.4. The first-order valence-electron chi connectivity index (χ1n) is 5.20. The lowest BCUT2D eigenvalue weighted by atomic mass is 10.1. The van der Waals surface area contributed by atoms with Crippen molar-refractivity contribution >= 4 is 15.9 Å². The molecule has 0 bridgehead atoms. The molecule has 0 saturated heterocycles. The van der Waals surface area contributed by atoms with E-state index in [0.717, 1.165) is 21.3 Å². The van der Waals surface area contributed by atoms with E-state index in [4.69, 9.17) is 4.74 Å². The Morgan fingerprint density at radius 3 is 2.56 bits per heavy atom. The van der Waals surface area contributed by atoms with E-state index >= 15 is 0 Å². The summed E-state index contributed by atoms with van der Waals surface area (Å²) in [6.45, 7) is 2.68. The molecular formula is C14H12BrO. The minimum absolute atomic E-state index is 0.697. The molecule has 2 heteroatoms. The van der Waals surface area contributed by atoms with Crippen molar-refractivity contribution in [2.24, 2.45) is 0 Å². The van der Waals surface area contributed by atoms with Crippen molar-refractivity contribution in [3.05, 3.63) is 53.0 Å². The van der Waals surface area contributed by atoms with Crippen LogP contribution < -0.4 is 4.74 Å². The van der Waals surface area contributed by atoms with Gasteiger partial charge in [0, 0.05) is 4.47 Å². The highest BCUT2D eigenvalue weighted by Gasteiger charge is 1.99. The summed E-state index contributed by atoms with van der Waals surface area (Å²) < 4.78 is 6.47. The Morgan fingerprint density at radius 2 is 1.94 bits per heavy atom. The second-order valence-corrected chi connectivity index (χ2v) is 4.29. The van der Waals surface area contributed by atoms with Crippen molar-refractivity contribution in [2.45, 2.75) is 6.92 Å². The SMILES string of the molecule is CCOc1ccc(-c2[c]ccc(Br)c2)cc1. The number of rotatable bonds is 3. The monoisotopic (exact) mass is 275 g/mol. The van der Waals surface area contributed by atoms with E-state index in [0.29, 0.717) is 6.61 Å². The van der Waals surface area contributed by atoms with Gasteiger partial charge in [0.1, 0.15) is 5.75 Å². The third-order valence-electron chi connectivity index (χ3n) is 2.24. The molecule has 0 fully saturated rings. The molecule has 81 valence electrons. The summed E-state index contributed by atoms with van der Waals surface area (Å²) in [4.78, 5) is 0. The lowest BCUT2D eigenvalue weighted by Gasteiger charge is -2.05. The first-order chi connectivity index (χ1) is 7.79. The van der Waals surface area contributed by atoms with Gasteiger partial charge >= 0.3 is 0 Å². The van der Waals surface area contributed by atoms with E-state index in [2.05, 4.69) is 28.1 Å². The Labute approximate surface area is 104 Å². The summed E-state index contributed by atoms with van der Waals surface area (Å²) in [5.41, 5.74) is 2.22. The number of hydrogen-bond donors (Lipinski definition) is 0.